The van der Waals surface area contributed by atoms with Gasteiger partial charge in [0.2, 0.25) is 0 Å². The van der Waals surface area contributed by atoms with Crippen LogP contribution in [0.1, 0.15) is 36.1 Å². The van der Waals surface area contributed by atoms with Crippen LogP contribution in [0.5, 0.6) is 0 Å². The second kappa shape index (κ2) is 6.38. The first-order valence-electron chi connectivity index (χ1n) is 9.03. The Morgan fingerprint density at radius 3 is 3.12 bits per heavy atom. The standard InChI is InChI=1S/C18H21N5OS/c1-2-6-15-14(5-1)16-17(19-11-20-18(16)25-15)22-12-8-21-23(9-12)10-13-4-3-7-24-13/h8-9,11,13H,1-7,10H2,(H,19,20,22). The molecular weight excluding hydrogens is 334 g/mol. The zero-order chi connectivity index (χ0) is 16.6. The molecule has 1 saturated heterocycles. The van der Waals surface area contributed by atoms with Gasteiger partial charge in [-0.1, -0.05) is 0 Å². The number of thiophene rings is 1. The molecule has 1 aliphatic carbocycles. The minimum Gasteiger partial charge on any atom is -0.376 e. The van der Waals surface area contributed by atoms with E-state index in [1.807, 2.05) is 28.4 Å². The van der Waals surface area contributed by atoms with E-state index in [9.17, 15) is 0 Å². The number of hydrogen-bond donors (Lipinski definition) is 1. The molecule has 1 fully saturated rings. The van der Waals surface area contributed by atoms with Gasteiger partial charge >= 0.3 is 0 Å². The Morgan fingerprint density at radius 2 is 2.20 bits per heavy atom. The molecule has 3 aromatic rings. The predicted molar refractivity (Wildman–Crippen MR) is 98.5 cm³/mol. The number of anilines is 2. The monoisotopic (exact) mass is 355 g/mol. The summed E-state index contributed by atoms with van der Waals surface area (Å²) < 4.78 is 7.65. The van der Waals surface area contributed by atoms with E-state index in [0.717, 1.165) is 48.7 Å². The lowest BCUT2D eigenvalue weighted by molar-refractivity contribution is 0.0940. The molecule has 0 aromatic carbocycles. The molecule has 25 heavy (non-hydrogen) atoms. The molecule has 0 saturated carbocycles. The molecule has 1 N–H and O–H groups in total. The first kappa shape index (κ1) is 15.3. The zero-order valence-electron chi connectivity index (χ0n) is 14.1. The van der Waals surface area contributed by atoms with E-state index >= 15 is 0 Å². The number of fused-ring (bicyclic) bond motifs is 3. The molecule has 4 heterocycles. The van der Waals surface area contributed by atoms with E-state index in [1.54, 1.807) is 6.33 Å². The maximum absolute atomic E-state index is 5.69. The van der Waals surface area contributed by atoms with Crippen molar-refractivity contribution in [1.82, 2.24) is 19.7 Å². The average Bonchev–Trinajstić information content (AvgIpc) is 3.35. The Kier molecular flexibility index (Phi) is 3.90. The summed E-state index contributed by atoms with van der Waals surface area (Å²) in [4.78, 5) is 11.6. The molecule has 6 nitrogen and oxygen atoms in total. The van der Waals surface area contributed by atoms with Gasteiger partial charge in [0, 0.05) is 17.7 Å². The first-order chi connectivity index (χ1) is 12.4. The molecule has 5 rings (SSSR count). The molecule has 2 aliphatic rings. The van der Waals surface area contributed by atoms with Crippen LogP contribution in [0.25, 0.3) is 10.2 Å². The molecule has 130 valence electrons. The van der Waals surface area contributed by atoms with Gasteiger partial charge in [0.15, 0.2) is 0 Å². The summed E-state index contributed by atoms with van der Waals surface area (Å²) in [7, 11) is 0. The first-order valence-corrected chi connectivity index (χ1v) is 9.85. The highest BCUT2D eigenvalue weighted by Gasteiger charge is 2.20. The van der Waals surface area contributed by atoms with Crippen LogP contribution in [-0.4, -0.2) is 32.5 Å². The lowest BCUT2D eigenvalue weighted by Crippen LogP contribution is -2.15. The molecule has 0 spiro atoms. The molecule has 0 amide bonds. The summed E-state index contributed by atoms with van der Waals surface area (Å²) in [5, 5.41) is 9.13. The number of nitrogens with one attached hydrogen (secondary N) is 1. The van der Waals surface area contributed by atoms with Crippen LogP contribution in [0.2, 0.25) is 0 Å². The van der Waals surface area contributed by atoms with Gasteiger partial charge in [0.1, 0.15) is 17.0 Å². The van der Waals surface area contributed by atoms with Gasteiger partial charge in [-0.15, -0.1) is 11.3 Å². The summed E-state index contributed by atoms with van der Waals surface area (Å²) in [6.07, 6.45) is 13.0. The van der Waals surface area contributed by atoms with Crippen LogP contribution < -0.4 is 5.32 Å². The van der Waals surface area contributed by atoms with E-state index in [0.29, 0.717) is 6.10 Å². The average molecular weight is 355 g/mol. The molecular formula is C18H21N5OS. The summed E-state index contributed by atoms with van der Waals surface area (Å²) >= 11 is 1.82. The molecule has 7 heteroatoms. The van der Waals surface area contributed by atoms with Gasteiger partial charge in [-0.05, 0) is 44.1 Å². The second-order valence-corrected chi connectivity index (χ2v) is 7.91. The van der Waals surface area contributed by atoms with Crippen LogP contribution in [0, 0.1) is 0 Å². The summed E-state index contributed by atoms with van der Waals surface area (Å²) in [5.74, 6) is 0.904. The van der Waals surface area contributed by atoms with Gasteiger partial charge in [0.05, 0.1) is 29.9 Å². The highest BCUT2D eigenvalue weighted by atomic mass is 32.1. The Hall–Kier alpha value is -1.99. The van der Waals surface area contributed by atoms with Gasteiger partial charge in [-0.3, -0.25) is 4.68 Å². The molecule has 0 radical (unpaired) electrons. The molecule has 3 aromatic heterocycles. The molecule has 1 aliphatic heterocycles. The number of aryl methyl sites for hydroxylation is 2. The molecule has 0 bridgehead atoms. The van der Waals surface area contributed by atoms with Crippen molar-refractivity contribution in [2.24, 2.45) is 0 Å². The van der Waals surface area contributed by atoms with Gasteiger partial charge in [-0.25, -0.2) is 9.97 Å². The maximum Gasteiger partial charge on any atom is 0.142 e. The fraction of sp³-hybridized carbons (Fsp3) is 0.500. The third-order valence-corrected chi connectivity index (χ3v) is 6.26. The van der Waals surface area contributed by atoms with Crippen molar-refractivity contribution < 1.29 is 4.74 Å². The lowest BCUT2D eigenvalue weighted by Gasteiger charge is -2.12. The van der Waals surface area contributed by atoms with Crippen LogP contribution >= 0.6 is 11.3 Å². The third kappa shape index (κ3) is 2.91. The Balaban J connectivity index is 1.42. The van der Waals surface area contributed by atoms with E-state index in [2.05, 4.69) is 20.4 Å². The fourth-order valence-corrected chi connectivity index (χ4v) is 5.08. The number of rotatable bonds is 4. The Bertz CT molecular complexity index is 896. The molecule has 1 atom stereocenters. The van der Waals surface area contributed by atoms with E-state index in [4.69, 9.17) is 4.74 Å². The van der Waals surface area contributed by atoms with E-state index in [-0.39, 0.29) is 0 Å². The van der Waals surface area contributed by atoms with Crippen LogP contribution in [0.3, 0.4) is 0 Å². The minimum absolute atomic E-state index is 0.294. The van der Waals surface area contributed by atoms with Crippen LogP contribution in [0.15, 0.2) is 18.7 Å². The van der Waals surface area contributed by atoms with Crippen molar-refractivity contribution in [3.63, 3.8) is 0 Å². The minimum atomic E-state index is 0.294. The second-order valence-electron chi connectivity index (χ2n) is 6.82. The van der Waals surface area contributed by atoms with Crippen LogP contribution in [-0.2, 0) is 24.1 Å². The number of nitrogens with zero attached hydrogens (tertiary/aromatic N) is 4. The Morgan fingerprint density at radius 1 is 1.24 bits per heavy atom. The largest absolute Gasteiger partial charge is 0.376 e. The molecule has 1 unspecified atom stereocenters. The third-order valence-electron chi connectivity index (χ3n) is 5.06. The van der Waals surface area contributed by atoms with E-state index in [1.165, 1.54) is 35.1 Å². The van der Waals surface area contributed by atoms with Crippen molar-refractivity contribution in [3.05, 3.63) is 29.2 Å². The normalized spacial score (nSPS) is 20.1. The van der Waals surface area contributed by atoms with Crippen LogP contribution in [0.4, 0.5) is 11.5 Å². The summed E-state index contributed by atoms with van der Waals surface area (Å²) in [6.45, 7) is 1.69. The highest BCUT2D eigenvalue weighted by Crippen LogP contribution is 2.38. The van der Waals surface area contributed by atoms with Crippen molar-refractivity contribution in [2.45, 2.75) is 51.2 Å². The fourth-order valence-electron chi connectivity index (χ4n) is 3.85. The van der Waals surface area contributed by atoms with Crippen molar-refractivity contribution in [2.75, 3.05) is 11.9 Å². The van der Waals surface area contributed by atoms with Crippen molar-refractivity contribution >= 4 is 33.1 Å². The Labute approximate surface area is 150 Å². The highest BCUT2D eigenvalue weighted by molar-refractivity contribution is 7.19. The van der Waals surface area contributed by atoms with Gasteiger partial charge in [-0.2, -0.15) is 5.10 Å². The number of hydrogen-bond acceptors (Lipinski definition) is 6. The predicted octanol–water partition coefficient (Wildman–Crippen LogP) is 3.69. The topological polar surface area (TPSA) is 64.9 Å². The SMILES string of the molecule is c1nc(Nc2cnn(CC3CCCO3)c2)c2c3c(sc2n1)CCCC3. The maximum atomic E-state index is 5.69. The smallest absolute Gasteiger partial charge is 0.142 e. The van der Waals surface area contributed by atoms with Gasteiger partial charge in [0.25, 0.3) is 0 Å². The lowest BCUT2D eigenvalue weighted by atomic mass is 9.97. The van der Waals surface area contributed by atoms with Crippen molar-refractivity contribution in [1.29, 1.82) is 0 Å². The number of ether oxygens (including phenoxy) is 1. The number of aromatic nitrogens is 4. The van der Waals surface area contributed by atoms with E-state index < -0.39 is 0 Å². The zero-order valence-corrected chi connectivity index (χ0v) is 14.9. The summed E-state index contributed by atoms with van der Waals surface area (Å²) in [5.41, 5.74) is 2.41. The van der Waals surface area contributed by atoms with Crippen molar-refractivity contribution in [3.8, 4) is 0 Å². The quantitative estimate of drug-likeness (QED) is 0.773. The van der Waals surface area contributed by atoms with Gasteiger partial charge < -0.3 is 10.1 Å². The summed E-state index contributed by atoms with van der Waals surface area (Å²) in [6, 6.07) is 0.